The number of aryl methyl sites for hydroxylation is 1. The first-order valence-electron chi connectivity index (χ1n) is 4.70. The Morgan fingerprint density at radius 1 is 1.53 bits per heavy atom. The van der Waals surface area contributed by atoms with Crippen LogP contribution < -0.4 is 10.1 Å². The quantitative estimate of drug-likeness (QED) is 0.862. The minimum absolute atomic E-state index is 0.0635. The second-order valence-corrected chi connectivity index (χ2v) is 4.29. The average Bonchev–Trinajstić information content (AvgIpc) is 2.27. The van der Waals surface area contributed by atoms with E-state index in [9.17, 15) is 4.79 Å². The summed E-state index contributed by atoms with van der Waals surface area (Å²) < 4.78 is 6.30. The van der Waals surface area contributed by atoms with Crippen LogP contribution >= 0.6 is 22.6 Å². The molecule has 0 atom stereocenters. The lowest BCUT2D eigenvalue weighted by Gasteiger charge is -2.06. The van der Waals surface area contributed by atoms with Crippen molar-refractivity contribution in [2.45, 2.75) is 12.8 Å². The number of carbonyl (C=O) groups is 1. The van der Waals surface area contributed by atoms with E-state index in [4.69, 9.17) is 4.74 Å². The molecule has 0 bridgehead atoms. The van der Waals surface area contributed by atoms with Gasteiger partial charge >= 0.3 is 0 Å². The van der Waals surface area contributed by atoms with Crippen LogP contribution in [0.4, 0.5) is 0 Å². The van der Waals surface area contributed by atoms with Gasteiger partial charge in [-0.3, -0.25) is 4.79 Å². The van der Waals surface area contributed by atoms with Crippen LogP contribution in [0.1, 0.15) is 12.0 Å². The summed E-state index contributed by atoms with van der Waals surface area (Å²) in [6.45, 7) is 0. The van der Waals surface area contributed by atoms with E-state index in [1.165, 1.54) is 0 Å². The topological polar surface area (TPSA) is 38.3 Å². The zero-order valence-electron chi connectivity index (χ0n) is 8.84. The van der Waals surface area contributed by atoms with Gasteiger partial charge in [-0.25, -0.2) is 0 Å². The normalized spacial score (nSPS) is 9.80. The lowest BCUT2D eigenvalue weighted by Crippen LogP contribution is -2.18. The van der Waals surface area contributed by atoms with Crippen LogP contribution in [-0.2, 0) is 11.2 Å². The van der Waals surface area contributed by atoms with Gasteiger partial charge in [0.2, 0.25) is 5.91 Å². The molecule has 1 aromatic rings. The molecule has 1 amide bonds. The Kier molecular flexibility index (Phi) is 4.87. The highest BCUT2D eigenvalue weighted by Gasteiger charge is 2.04. The molecule has 4 heteroatoms. The fourth-order valence-corrected chi connectivity index (χ4v) is 1.85. The summed E-state index contributed by atoms with van der Waals surface area (Å²) in [7, 11) is 3.30. The zero-order valence-corrected chi connectivity index (χ0v) is 11.0. The standard InChI is InChI=1S/C11H14INO2/c1-13-11(14)6-3-8-7-9(15-2)4-5-10(8)12/h4-5,7H,3,6H2,1-2H3,(H,13,14). The maximum Gasteiger partial charge on any atom is 0.220 e. The van der Waals surface area contributed by atoms with E-state index in [1.54, 1.807) is 14.2 Å². The van der Waals surface area contributed by atoms with E-state index in [1.807, 2.05) is 18.2 Å². The lowest BCUT2D eigenvalue weighted by molar-refractivity contribution is -0.120. The van der Waals surface area contributed by atoms with Crippen molar-refractivity contribution in [2.75, 3.05) is 14.2 Å². The Hall–Kier alpha value is -0.780. The van der Waals surface area contributed by atoms with Gasteiger partial charge in [-0.15, -0.1) is 0 Å². The first-order chi connectivity index (χ1) is 7.17. The third-order valence-electron chi connectivity index (χ3n) is 2.15. The summed E-state index contributed by atoms with van der Waals surface area (Å²) in [6.07, 6.45) is 1.26. The fraction of sp³-hybridized carbons (Fsp3) is 0.364. The molecule has 15 heavy (non-hydrogen) atoms. The largest absolute Gasteiger partial charge is 0.497 e. The number of amides is 1. The van der Waals surface area contributed by atoms with Crippen LogP contribution in [-0.4, -0.2) is 20.1 Å². The maximum atomic E-state index is 11.1. The third kappa shape index (κ3) is 3.70. The number of halogens is 1. The lowest BCUT2D eigenvalue weighted by atomic mass is 10.1. The SMILES string of the molecule is CNC(=O)CCc1cc(OC)ccc1I. The van der Waals surface area contributed by atoms with Crippen molar-refractivity contribution >= 4 is 28.5 Å². The first-order valence-corrected chi connectivity index (χ1v) is 5.78. The molecule has 0 unspecified atom stereocenters. The minimum atomic E-state index is 0.0635. The Morgan fingerprint density at radius 2 is 2.27 bits per heavy atom. The van der Waals surface area contributed by atoms with Gasteiger partial charge in [0.1, 0.15) is 5.75 Å². The molecule has 0 spiro atoms. The predicted molar refractivity (Wildman–Crippen MR) is 68.1 cm³/mol. The zero-order chi connectivity index (χ0) is 11.3. The van der Waals surface area contributed by atoms with Crippen LogP contribution in [0.5, 0.6) is 5.75 Å². The predicted octanol–water partition coefficient (Wildman–Crippen LogP) is 1.98. The van der Waals surface area contributed by atoms with Gasteiger partial charge in [0.05, 0.1) is 7.11 Å². The fourth-order valence-electron chi connectivity index (χ4n) is 1.24. The van der Waals surface area contributed by atoms with Crippen molar-refractivity contribution in [1.82, 2.24) is 5.32 Å². The first kappa shape index (κ1) is 12.3. The van der Waals surface area contributed by atoms with E-state index in [0.717, 1.165) is 21.3 Å². The van der Waals surface area contributed by atoms with E-state index < -0.39 is 0 Å². The number of rotatable bonds is 4. The van der Waals surface area contributed by atoms with Crippen LogP contribution in [0.25, 0.3) is 0 Å². The van der Waals surface area contributed by atoms with Gasteiger partial charge in [0.25, 0.3) is 0 Å². The monoisotopic (exact) mass is 319 g/mol. The van der Waals surface area contributed by atoms with E-state index in [0.29, 0.717) is 6.42 Å². The van der Waals surface area contributed by atoms with Gasteiger partial charge in [-0.1, -0.05) is 0 Å². The maximum absolute atomic E-state index is 11.1. The molecule has 1 aromatic carbocycles. The van der Waals surface area contributed by atoms with Crippen LogP contribution in [0.15, 0.2) is 18.2 Å². The molecule has 0 radical (unpaired) electrons. The average molecular weight is 319 g/mol. The molecule has 0 aliphatic carbocycles. The summed E-state index contributed by atoms with van der Waals surface area (Å²) in [4.78, 5) is 11.1. The van der Waals surface area contributed by atoms with Crippen molar-refractivity contribution in [3.8, 4) is 5.75 Å². The Labute approximate surface area is 103 Å². The highest BCUT2D eigenvalue weighted by molar-refractivity contribution is 14.1. The van der Waals surface area contributed by atoms with Gasteiger partial charge in [0.15, 0.2) is 0 Å². The van der Waals surface area contributed by atoms with Gasteiger partial charge in [-0.05, 0) is 52.8 Å². The van der Waals surface area contributed by atoms with Crippen molar-refractivity contribution < 1.29 is 9.53 Å². The Balaban J connectivity index is 2.70. The molecule has 0 saturated carbocycles. The van der Waals surface area contributed by atoms with Crippen molar-refractivity contribution in [1.29, 1.82) is 0 Å². The summed E-state index contributed by atoms with van der Waals surface area (Å²) in [5.41, 5.74) is 1.15. The highest BCUT2D eigenvalue weighted by atomic mass is 127. The Bertz CT molecular complexity index is 352. The number of hydrogen-bond donors (Lipinski definition) is 1. The number of benzene rings is 1. The van der Waals surface area contributed by atoms with Crippen LogP contribution in [0, 0.1) is 3.57 Å². The van der Waals surface area contributed by atoms with Crippen LogP contribution in [0.3, 0.4) is 0 Å². The molecule has 0 saturated heterocycles. The number of hydrogen-bond acceptors (Lipinski definition) is 2. The molecule has 0 heterocycles. The van der Waals surface area contributed by atoms with Crippen molar-refractivity contribution in [2.24, 2.45) is 0 Å². The summed E-state index contributed by atoms with van der Waals surface area (Å²) in [6, 6.07) is 5.90. The number of nitrogens with one attached hydrogen (secondary N) is 1. The summed E-state index contributed by atoms with van der Waals surface area (Å²) in [5, 5.41) is 2.61. The van der Waals surface area contributed by atoms with Gasteiger partial charge < -0.3 is 10.1 Å². The number of methoxy groups -OCH3 is 1. The van der Waals surface area contributed by atoms with E-state index in [-0.39, 0.29) is 5.91 Å². The number of carbonyl (C=O) groups excluding carboxylic acids is 1. The van der Waals surface area contributed by atoms with Crippen LogP contribution in [0.2, 0.25) is 0 Å². The molecule has 0 fully saturated rings. The molecule has 0 aliphatic rings. The third-order valence-corrected chi connectivity index (χ3v) is 3.21. The molecular weight excluding hydrogens is 305 g/mol. The molecular formula is C11H14INO2. The summed E-state index contributed by atoms with van der Waals surface area (Å²) in [5.74, 6) is 0.899. The number of ether oxygens (including phenoxy) is 1. The molecule has 3 nitrogen and oxygen atoms in total. The molecule has 0 aromatic heterocycles. The van der Waals surface area contributed by atoms with Gasteiger partial charge in [0, 0.05) is 17.0 Å². The van der Waals surface area contributed by atoms with Crippen molar-refractivity contribution in [3.05, 3.63) is 27.3 Å². The molecule has 0 aliphatic heterocycles. The summed E-state index contributed by atoms with van der Waals surface area (Å²) >= 11 is 2.26. The van der Waals surface area contributed by atoms with Gasteiger partial charge in [-0.2, -0.15) is 0 Å². The van der Waals surface area contributed by atoms with Crippen molar-refractivity contribution in [3.63, 3.8) is 0 Å². The minimum Gasteiger partial charge on any atom is -0.497 e. The Morgan fingerprint density at radius 3 is 2.87 bits per heavy atom. The smallest absolute Gasteiger partial charge is 0.220 e. The molecule has 1 rings (SSSR count). The second-order valence-electron chi connectivity index (χ2n) is 3.13. The van der Waals surface area contributed by atoms with E-state index >= 15 is 0 Å². The second kappa shape index (κ2) is 5.95. The highest BCUT2D eigenvalue weighted by Crippen LogP contribution is 2.20. The molecule has 1 N–H and O–H groups in total. The molecule has 82 valence electrons. The van der Waals surface area contributed by atoms with E-state index in [2.05, 4.69) is 27.9 Å².